The van der Waals surface area contributed by atoms with E-state index < -0.39 is 0 Å². The number of benzene rings is 1. The number of nitrogens with one attached hydrogen (secondary N) is 1. The summed E-state index contributed by atoms with van der Waals surface area (Å²) >= 11 is 0. The number of amides is 1. The summed E-state index contributed by atoms with van der Waals surface area (Å²) in [6, 6.07) is 9.60. The molecule has 134 valence electrons. The average Bonchev–Trinajstić information content (AvgIpc) is 3.11. The Kier molecular flexibility index (Phi) is 4.62. The van der Waals surface area contributed by atoms with Gasteiger partial charge in [-0.05, 0) is 42.7 Å². The molecule has 0 aliphatic carbocycles. The molecule has 6 nitrogen and oxygen atoms in total. The van der Waals surface area contributed by atoms with Crippen LogP contribution in [0.4, 0.5) is 4.39 Å². The second-order valence-corrected chi connectivity index (χ2v) is 6.40. The van der Waals surface area contributed by atoms with Crippen LogP contribution in [-0.2, 0) is 11.3 Å². The van der Waals surface area contributed by atoms with E-state index in [2.05, 4.69) is 15.5 Å². The molecule has 4 rings (SSSR count). The van der Waals surface area contributed by atoms with Crippen LogP contribution in [0.3, 0.4) is 0 Å². The van der Waals surface area contributed by atoms with Crippen LogP contribution in [-0.4, -0.2) is 33.7 Å². The highest BCUT2D eigenvalue weighted by molar-refractivity contribution is 5.94. The molecule has 1 N–H and O–H groups in total. The van der Waals surface area contributed by atoms with Gasteiger partial charge in [-0.15, -0.1) is 10.2 Å². The van der Waals surface area contributed by atoms with E-state index in [4.69, 9.17) is 4.74 Å². The molecule has 26 heavy (non-hydrogen) atoms. The van der Waals surface area contributed by atoms with Crippen molar-refractivity contribution in [3.63, 3.8) is 0 Å². The van der Waals surface area contributed by atoms with Crippen LogP contribution in [0.2, 0.25) is 0 Å². The number of carbonyl (C=O) groups is 1. The van der Waals surface area contributed by atoms with Gasteiger partial charge in [0.25, 0.3) is 5.91 Å². The van der Waals surface area contributed by atoms with Crippen molar-refractivity contribution in [1.29, 1.82) is 0 Å². The average molecular weight is 354 g/mol. The summed E-state index contributed by atoms with van der Waals surface area (Å²) in [5, 5.41) is 11.4. The first-order valence-corrected chi connectivity index (χ1v) is 8.66. The summed E-state index contributed by atoms with van der Waals surface area (Å²) in [5.74, 6) is 0.675. The second kappa shape index (κ2) is 7.21. The minimum Gasteiger partial charge on any atom is -0.381 e. The minimum absolute atomic E-state index is 0.192. The van der Waals surface area contributed by atoms with Crippen LogP contribution in [0.1, 0.15) is 40.5 Å². The maximum absolute atomic E-state index is 12.9. The van der Waals surface area contributed by atoms with Crippen LogP contribution < -0.4 is 5.32 Å². The highest BCUT2D eigenvalue weighted by atomic mass is 19.1. The monoisotopic (exact) mass is 354 g/mol. The first-order chi connectivity index (χ1) is 12.7. The lowest BCUT2D eigenvalue weighted by atomic mass is 9.99. The molecule has 2 aromatic heterocycles. The van der Waals surface area contributed by atoms with E-state index in [9.17, 15) is 9.18 Å². The van der Waals surface area contributed by atoms with Gasteiger partial charge in [0.2, 0.25) is 0 Å². The normalized spacial score (nSPS) is 15.3. The molecule has 1 aromatic carbocycles. The Morgan fingerprint density at radius 1 is 1.15 bits per heavy atom. The topological polar surface area (TPSA) is 68.5 Å². The van der Waals surface area contributed by atoms with Crippen LogP contribution >= 0.6 is 0 Å². The molecule has 1 aliphatic heterocycles. The molecular formula is C19H19FN4O2. The molecule has 3 heterocycles. The van der Waals surface area contributed by atoms with Crippen LogP contribution in [0.25, 0.3) is 5.65 Å². The summed E-state index contributed by atoms with van der Waals surface area (Å²) in [6.45, 7) is 1.78. The SMILES string of the molecule is O=C(NCc1ccc(F)cc1)c1ccc2nnc(C3CCOCC3)n2c1. The number of ether oxygens (including phenoxy) is 1. The minimum atomic E-state index is -0.293. The van der Waals surface area contributed by atoms with E-state index in [0.717, 1.165) is 43.1 Å². The molecular weight excluding hydrogens is 335 g/mol. The first kappa shape index (κ1) is 16.7. The van der Waals surface area contributed by atoms with Gasteiger partial charge >= 0.3 is 0 Å². The standard InChI is InChI=1S/C19H19FN4O2/c20-16-4-1-13(2-5-16)11-21-19(25)15-3-6-17-22-23-18(24(17)12-15)14-7-9-26-10-8-14/h1-6,12,14H,7-11H2,(H,21,25). The zero-order valence-corrected chi connectivity index (χ0v) is 14.2. The van der Waals surface area contributed by atoms with Crippen molar-refractivity contribution < 1.29 is 13.9 Å². The van der Waals surface area contributed by atoms with Gasteiger partial charge in [0.1, 0.15) is 11.6 Å². The van der Waals surface area contributed by atoms with Crippen molar-refractivity contribution in [3.05, 3.63) is 65.4 Å². The Hall–Kier alpha value is -2.80. The number of pyridine rings is 1. The van der Waals surface area contributed by atoms with E-state index in [-0.39, 0.29) is 17.6 Å². The predicted molar refractivity (Wildman–Crippen MR) is 93.4 cm³/mol. The Morgan fingerprint density at radius 3 is 2.69 bits per heavy atom. The third kappa shape index (κ3) is 3.43. The molecule has 0 bridgehead atoms. The molecule has 0 atom stereocenters. The highest BCUT2D eigenvalue weighted by Gasteiger charge is 2.21. The molecule has 3 aromatic rings. The first-order valence-electron chi connectivity index (χ1n) is 8.66. The molecule has 0 radical (unpaired) electrons. The van der Waals surface area contributed by atoms with Crippen molar-refractivity contribution >= 4 is 11.6 Å². The van der Waals surface area contributed by atoms with E-state index in [1.807, 2.05) is 4.40 Å². The Balaban J connectivity index is 1.52. The second-order valence-electron chi connectivity index (χ2n) is 6.40. The van der Waals surface area contributed by atoms with Gasteiger partial charge in [0, 0.05) is 31.9 Å². The molecule has 0 saturated carbocycles. The van der Waals surface area contributed by atoms with Crippen molar-refractivity contribution in [1.82, 2.24) is 19.9 Å². The number of fused-ring (bicyclic) bond motifs is 1. The molecule has 1 fully saturated rings. The third-order valence-electron chi connectivity index (χ3n) is 4.64. The number of hydrogen-bond donors (Lipinski definition) is 1. The smallest absolute Gasteiger partial charge is 0.253 e. The van der Waals surface area contributed by atoms with E-state index in [1.165, 1.54) is 12.1 Å². The Bertz CT molecular complexity index is 917. The van der Waals surface area contributed by atoms with E-state index >= 15 is 0 Å². The zero-order valence-electron chi connectivity index (χ0n) is 14.2. The van der Waals surface area contributed by atoms with Gasteiger partial charge in [0.05, 0.1) is 5.56 Å². The number of hydrogen-bond acceptors (Lipinski definition) is 4. The fraction of sp³-hybridized carbons (Fsp3) is 0.316. The van der Waals surface area contributed by atoms with Crippen LogP contribution in [0, 0.1) is 5.82 Å². The summed E-state index contributed by atoms with van der Waals surface area (Å²) in [5.41, 5.74) is 2.10. The van der Waals surface area contributed by atoms with Crippen molar-refractivity contribution in [2.75, 3.05) is 13.2 Å². The quantitative estimate of drug-likeness (QED) is 0.782. The highest BCUT2D eigenvalue weighted by Crippen LogP contribution is 2.26. The van der Waals surface area contributed by atoms with Crippen LogP contribution in [0.15, 0.2) is 42.6 Å². The lowest BCUT2D eigenvalue weighted by Crippen LogP contribution is -2.23. The molecule has 0 unspecified atom stereocenters. The van der Waals surface area contributed by atoms with Gasteiger partial charge < -0.3 is 10.1 Å². The molecule has 1 saturated heterocycles. The zero-order chi connectivity index (χ0) is 17.9. The Morgan fingerprint density at radius 2 is 1.92 bits per heavy atom. The molecule has 7 heteroatoms. The maximum Gasteiger partial charge on any atom is 0.253 e. The maximum atomic E-state index is 12.9. The number of aromatic nitrogens is 3. The summed E-state index contributed by atoms with van der Waals surface area (Å²) in [6.07, 6.45) is 3.59. The molecule has 1 aliphatic rings. The Labute approximate surface area is 150 Å². The summed E-state index contributed by atoms with van der Waals surface area (Å²) < 4.78 is 20.2. The third-order valence-corrected chi connectivity index (χ3v) is 4.64. The van der Waals surface area contributed by atoms with Crippen molar-refractivity contribution in [2.45, 2.75) is 25.3 Å². The van der Waals surface area contributed by atoms with Crippen molar-refractivity contribution in [3.8, 4) is 0 Å². The molecule has 0 spiro atoms. The lowest BCUT2D eigenvalue weighted by Gasteiger charge is -2.20. The van der Waals surface area contributed by atoms with E-state index in [0.29, 0.717) is 12.1 Å². The van der Waals surface area contributed by atoms with Crippen molar-refractivity contribution in [2.24, 2.45) is 0 Å². The van der Waals surface area contributed by atoms with Gasteiger partial charge in [-0.3, -0.25) is 9.20 Å². The summed E-state index contributed by atoms with van der Waals surface area (Å²) in [7, 11) is 0. The van der Waals surface area contributed by atoms with Gasteiger partial charge in [0.15, 0.2) is 5.65 Å². The number of halogens is 1. The van der Waals surface area contributed by atoms with Gasteiger partial charge in [-0.1, -0.05) is 12.1 Å². The molecule has 1 amide bonds. The number of nitrogens with zero attached hydrogens (tertiary/aromatic N) is 3. The lowest BCUT2D eigenvalue weighted by molar-refractivity contribution is 0.0833. The van der Waals surface area contributed by atoms with Gasteiger partial charge in [-0.2, -0.15) is 0 Å². The number of rotatable bonds is 4. The van der Waals surface area contributed by atoms with E-state index in [1.54, 1.807) is 30.5 Å². The fourth-order valence-electron chi connectivity index (χ4n) is 3.16. The number of carbonyl (C=O) groups excluding carboxylic acids is 1. The predicted octanol–water partition coefficient (Wildman–Crippen LogP) is 2.69. The van der Waals surface area contributed by atoms with Gasteiger partial charge in [-0.25, -0.2) is 4.39 Å². The fourth-order valence-corrected chi connectivity index (χ4v) is 3.16. The van der Waals surface area contributed by atoms with Crippen LogP contribution in [0.5, 0.6) is 0 Å². The summed E-state index contributed by atoms with van der Waals surface area (Å²) in [4.78, 5) is 12.5. The largest absolute Gasteiger partial charge is 0.381 e.